The zero-order valence-corrected chi connectivity index (χ0v) is 25.5. The van der Waals surface area contributed by atoms with Crippen LogP contribution in [0, 0.1) is 15.5 Å². The Hall–Kier alpha value is -5.32. The lowest BCUT2D eigenvalue weighted by Crippen LogP contribution is -2.57. The number of carboxylic acid groups (broad SMARTS) is 1. The molecule has 234 valence electrons. The number of allylic oxidation sites excluding steroid dienone is 1. The smallest absolute Gasteiger partial charge is 0.336 e. The lowest BCUT2D eigenvalue weighted by molar-refractivity contribution is -0.384. The number of rotatable bonds is 11. The minimum atomic E-state index is -1.74. The van der Waals surface area contributed by atoms with Gasteiger partial charge in [0.25, 0.3) is 5.69 Å². The van der Waals surface area contributed by atoms with Gasteiger partial charge in [0.15, 0.2) is 0 Å². The van der Waals surface area contributed by atoms with Gasteiger partial charge in [0.05, 0.1) is 24.2 Å². The molecule has 0 spiro atoms. The van der Waals surface area contributed by atoms with Gasteiger partial charge in [-0.05, 0) is 61.6 Å². The molecule has 11 heteroatoms. The Morgan fingerprint density at radius 2 is 1.84 bits per heavy atom. The van der Waals surface area contributed by atoms with E-state index in [4.69, 9.17) is 9.47 Å². The number of nitrogens with zero attached hydrogens (tertiary/aromatic N) is 2. The average Bonchev–Trinajstić information content (AvgIpc) is 3.02. The Morgan fingerprint density at radius 3 is 2.47 bits per heavy atom. The zero-order chi connectivity index (χ0) is 32.7. The maximum absolute atomic E-state index is 13.1. The van der Waals surface area contributed by atoms with Gasteiger partial charge in [0.1, 0.15) is 5.41 Å². The molecular formula is C34H35N3O8. The normalized spacial score (nSPS) is 19.8. The van der Waals surface area contributed by atoms with Crippen molar-refractivity contribution in [1.29, 1.82) is 0 Å². The fraction of sp³-hybridized carbons (Fsp3) is 0.294. The number of nitro groups is 1. The van der Waals surface area contributed by atoms with Crippen LogP contribution in [0.5, 0.6) is 0 Å². The quantitative estimate of drug-likeness (QED) is 0.127. The molecule has 0 amide bonds. The van der Waals surface area contributed by atoms with E-state index in [0.29, 0.717) is 11.3 Å². The van der Waals surface area contributed by atoms with Crippen molar-refractivity contribution in [2.24, 2.45) is 5.41 Å². The van der Waals surface area contributed by atoms with E-state index in [1.165, 1.54) is 25.3 Å². The van der Waals surface area contributed by atoms with Crippen LogP contribution in [0.25, 0.3) is 6.08 Å². The van der Waals surface area contributed by atoms with E-state index in [1.807, 2.05) is 42.6 Å². The van der Waals surface area contributed by atoms with Crippen LogP contribution < -0.4 is 5.32 Å². The summed E-state index contributed by atoms with van der Waals surface area (Å²) < 4.78 is 10.6. The van der Waals surface area contributed by atoms with Crippen molar-refractivity contribution in [3.63, 3.8) is 0 Å². The number of nitrogens with one attached hydrogen (secondary N) is 1. The van der Waals surface area contributed by atoms with Crippen LogP contribution in [0.2, 0.25) is 0 Å². The molecule has 3 unspecified atom stereocenters. The largest absolute Gasteiger partial charge is 0.481 e. The summed E-state index contributed by atoms with van der Waals surface area (Å²) in [5.74, 6) is -3.80. The second-order valence-electron chi connectivity index (χ2n) is 11.0. The molecule has 2 N–H and O–H groups in total. The molecule has 1 aliphatic heterocycles. The van der Waals surface area contributed by atoms with Gasteiger partial charge >= 0.3 is 17.9 Å². The predicted molar refractivity (Wildman–Crippen MR) is 166 cm³/mol. The number of hydrogen-bond donors (Lipinski definition) is 2. The molecular weight excluding hydrogens is 578 g/mol. The summed E-state index contributed by atoms with van der Waals surface area (Å²) in [4.78, 5) is 54.2. The first-order valence-corrected chi connectivity index (χ1v) is 14.3. The molecule has 1 aromatic heterocycles. The Bertz CT molecular complexity index is 1650. The van der Waals surface area contributed by atoms with Crippen molar-refractivity contribution >= 4 is 29.7 Å². The number of carbonyl (C=O) groups is 3. The maximum Gasteiger partial charge on any atom is 0.336 e. The molecule has 0 bridgehead atoms. The van der Waals surface area contributed by atoms with Crippen LogP contribution in [0.1, 0.15) is 55.4 Å². The van der Waals surface area contributed by atoms with E-state index in [-0.39, 0.29) is 29.9 Å². The van der Waals surface area contributed by atoms with Gasteiger partial charge in [0.2, 0.25) is 0 Å². The summed E-state index contributed by atoms with van der Waals surface area (Å²) in [6, 6.07) is 16.4. The number of carbonyl (C=O) groups excluding carboxylic acids is 2. The van der Waals surface area contributed by atoms with Gasteiger partial charge in [-0.1, -0.05) is 42.5 Å². The summed E-state index contributed by atoms with van der Waals surface area (Å²) >= 11 is 0. The van der Waals surface area contributed by atoms with Gasteiger partial charge in [0, 0.05) is 54.2 Å². The highest BCUT2D eigenvalue weighted by molar-refractivity contribution is 5.95. The van der Waals surface area contributed by atoms with Gasteiger partial charge in [-0.2, -0.15) is 0 Å². The number of aromatic nitrogens is 1. The van der Waals surface area contributed by atoms with E-state index < -0.39 is 40.2 Å². The summed E-state index contributed by atoms with van der Waals surface area (Å²) in [6.45, 7) is 4.60. The number of ether oxygens (including phenoxy) is 2. The highest BCUT2D eigenvalue weighted by Crippen LogP contribution is 2.51. The minimum Gasteiger partial charge on any atom is -0.481 e. The summed E-state index contributed by atoms with van der Waals surface area (Å²) in [7, 11) is 1.18. The fourth-order valence-electron chi connectivity index (χ4n) is 5.90. The molecule has 3 atom stereocenters. The third-order valence-corrected chi connectivity index (χ3v) is 8.20. The second-order valence-corrected chi connectivity index (χ2v) is 11.0. The van der Waals surface area contributed by atoms with E-state index in [2.05, 4.69) is 10.3 Å². The molecule has 11 nitrogen and oxygen atoms in total. The number of pyridine rings is 1. The van der Waals surface area contributed by atoms with Gasteiger partial charge < -0.3 is 19.9 Å². The molecule has 2 aromatic carbocycles. The molecule has 4 rings (SSSR count). The molecule has 2 heterocycles. The molecule has 0 saturated carbocycles. The van der Waals surface area contributed by atoms with Crippen molar-refractivity contribution < 1.29 is 33.9 Å². The van der Waals surface area contributed by atoms with Crippen molar-refractivity contribution in [3.05, 3.63) is 122 Å². The van der Waals surface area contributed by atoms with Crippen LogP contribution in [-0.4, -0.2) is 52.7 Å². The Labute approximate surface area is 260 Å². The Kier molecular flexibility index (Phi) is 10.1. The van der Waals surface area contributed by atoms with Crippen LogP contribution >= 0.6 is 0 Å². The summed E-state index contributed by atoms with van der Waals surface area (Å²) in [6.07, 6.45) is 5.74. The van der Waals surface area contributed by atoms with E-state index in [0.717, 1.165) is 23.1 Å². The Morgan fingerprint density at radius 1 is 1.11 bits per heavy atom. The summed E-state index contributed by atoms with van der Waals surface area (Å²) in [5, 5.41) is 25.4. The predicted octanol–water partition coefficient (Wildman–Crippen LogP) is 5.21. The lowest BCUT2D eigenvalue weighted by atomic mass is 9.60. The van der Waals surface area contributed by atoms with Crippen LogP contribution in [-0.2, 0) is 30.3 Å². The molecule has 0 aliphatic carbocycles. The molecule has 45 heavy (non-hydrogen) atoms. The standard InChI is InChI=1S/C34H35N3O8/c1-21(17-24-10-12-25(13-11-24)18-26-7-6-15-35-20-26)31(38)45-16-14-34(33(40)41)23(3)36-22(2)29(32(39)44-4)30(34)27-8-5-9-28(19-27)37(42)43/h5-13,15,17,19-20,23,30,36H,14,16,18H2,1-4H3,(H,40,41). The van der Waals surface area contributed by atoms with Crippen LogP contribution in [0.15, 0.2) is 89.9 Å². The van der Waals surface area contributed by atoms with Crippen molar-refractivity contribution in [2.45, 2.75) is 45.6 Å². The monoisotopic (exact) mass is 613 g/mol. The fourth-order valence-corrected chi connectivity index (χ4v) is 5.90. The first kappa shape index (κ1) is 32.6. The van der Waals surface area contributed by atoms with Gasteiger partial charge in [-0.3, -0.25) is 19.9 Å². The molecule has 0 saturated heterocycles. The third kappa shape index (κ3) is 7.09. The van der Waals surface area contributed by atoms with Crippen molar-refractivity contribution in [1.82, 2.24) is 10.3 Å². The van der Waals surface area contributed by atoms with E-state index in [1.54, 1.807) is 39.1 Å². The highest BCUT2D eigenvalue weighted by atomic mass is 16.6. The maximum atomic E-state index is 13.1. The number of hydrogen-bond acceptors (Lipinski definition) is 9. The average molecular weight is 614 g/mol. The van der Waals surface area contributed by atoms with Crippen LogP contribution in [0.4, 0.5) is 5.69 Å². The van der Waals surface area contributed by atoms with Crippen LogP contribution in [0.3, 0.4) is 0 Å². The Balaban J connectivity index is 1.57. The number of benzene rings is 2. The third-order valence-electron chi connectivity index (χ3n) is 8.20. The molecule has 0 radical (unpaired) electrons. The second kappa shape index (κ2) is 14.0. The summed E-state index contributed by atoms with van der Waals surface area (Å²) in [5.41, 5.74) is 1.98. The SMILES string of the molecule is COC(=O)C1=C(C)NC(C)C(CCOC(=O)C(C)=Cc2ccc(Cc3cccnc3)cc2)(C(=O)O)C1c1cccc([N+](=O)[O-])c1. The topological polar surface area (TPSA) is 158 Å². The zero-order valence-electron chi connectivity index (χ0n) is 25.5. The van der Waals surface area contributed by atoms with E-state index >= 15 is 0 Å². The van der Waals surface area contributed by atoms with Crippen molar-refractivity contribution in [2.75, 3.05) is 13.7 Å². The number of carboxylic acids is 1. The number of esters is 2. The first-order chi connectivity index (χ1) is 21.5. The van der Waals surface area contributed by atoms with Crippen molar-refractivity contribution in [3.8, 4) is 0 Å². The number of nitro benzene ring substituents is 1. The van der Waals surface area contributed by atoms with Gasteiger partial charge in [-0.15, -0.1) is 0 Å². The van der Waals surface area contributed by atoms with Gasteiger partial charge in [-0.25, -0.2) is 9.59 Å². The molecule has 0 fully saturated rings. The lowest BCUT2D eigenvalue weighted by Gasteiger charge is -2.47. The molecule has 1 aliphatic rings. The number of methoxy groups -OCH3 is 1. The molecule has 3 aromatic rings. The number of non-ortho nitro benzene ring substituents is 1. The van der Waals surface area contributed by atoms with E-state index in [9.17, 15) is 29.6 Å². The number of aliphatic carboxylic acids is 1. The first-order valence-electron chi connectivity index (χ1n) is 14.3. The highest BCUT2D eigenvalue weighted by Gasteiger charge is 2.56. The minimum absolute atomic E-state index is 0.0351.